The zero-order valence-corrected chi connectivity index (χ0v) is 13.2. The third-order valence-electron chi connectivity index (χ3n) is 3.91. The zero-order valence-electron chi connectivity index (χ0n) is 13.2. The van der Waals surface area contributed by atoms with Crippen molar-refractivity contribution in [2.75, 3.05) is 20.1 Å². The molecule has 0 radical (unpaired) electrons. The number of alkyl halides is 3. The molecule has 0 aromatic heterocycles. The molecule has 0 saturated heterocycles. The van der Waals surface area contributed by atoms with Crippen molar-refractivity contribution in [1.82, 2.24) is 10.2 Å². The number of nitrogens with zero attached hydrogens (tertiary/aromatic N) is 1. The largest absolute Gasteiger partial charge is 0.401 e. The molecule has 0 aliphatic rings. The van der Waals surface area contributed by atoms with Crippen molar-refractivity contribution in [1.29, 1.82) is 0 Å². The van der Waals surface area contributed by atoms with Gasteiger partial charge in [0.05, 0.1) is 6.54 Å². The topological polar surface area (TPSA) is 15.3 Å². The highest BCUT2D eigenvalue weighted by molar-refractivity contribution is 5.26. The molecule has 2 nitrogen and oxygen atoms in total. The highest BCUT2D eigenvalue weighted by Crippen LogP contribution is 2.25. The molecule has 1 aromatic rings. The number of hydrogen-bond donors (Lipinski definition) is 1. The van der Waals surface area contributed by atoms with Crippen LogP contribution in [0.5, 0.6) is 0 Å². The minimum Gasteiger partial charge on any atom is -0.312 e. The van der Waals surface area contributed by atoms with E-state index in [1.807, 2.05) is 31.2 Å². The standard InChI is InChI=1S/C16H25F3N2/c1-5-13-7-9-14(10-8-13)15(20-4)12(3)21(6-2)11-16(17,18)19/h7-10,12,15,20H,5-6,11H2,1-4H3. The van der Waals surface area contributed by atoms with Gasteiger partial charge in [-0.15, -0.1) is 0 Å². The monoisotopic (exact) mass is 302 g/mol. The number of rotatable bonds is 7. The number of halogens is 3. The Morgan fingerprint density at radius 1 is 1.14 bits per heavy atom. The maximum Gasteiger partial charge on any atom is 0.401 e. The molecule has 120 valence electrons. The number of hydrogen-bond acceptors (Lipinski definition) is 2. The number of nitrogens with one attached hydrogen (secondary N) is 1. The van der Waals surface area contributed by atoms with Crippen LogP contribution in [-0.2, 0) is 6.42 Å². The fourth-order valence-corrected chi connectivity index (χ4v) is 2.63. The van der Waals surface area contributed by atoms with Crippen LogP contribution in [0.1, 0.15) is 37.9 Å². The van der Waals surface area contributed by atoms with Gasteiger partial charge in [-0.2, -0.15) is 13.2 Å². The Morgan fingerprint density at radius 3 is 2.10 bits per heavy atom. The van der Waals surface area contributed by atoms with E-state index in [1.54, 1.807) is 14.0 Å². The van der Waals surface area contributed by atoms with Gasteiger partial charge in [-0.1, -0.05) is 38.1 Å². The van der Waals surface area contributed by atoms with Crippen LogP contribution in [0, 0.1) is 0 Å². The van der Waals surface area contributed by atoms with Crippen LogP contribution in [0.4, 0.5) is 13.2 Å². The Balaban J connectivity index is 2.90. The van der Waals surface area contributed by atoms with Gasteiger partial charge in [0.1, 0.15) is 0 Å². The predicted molar refractivity (Wildman–Crippen MR) is 80.4 cm³/mol. The van der Waals surface area contributed by atoms with Crippen LogP contribution >= 0.6 is 0 Å². The first-order chi connectivity index (χ1) is 9.82. The van der Waals surface area contributed by atoms with Crippen molar-refractivity contribution < 1.29 is 13.2 Å². The molecule has 0 spiro atoms. The smallest absolute Gasteiger partial charge is 0.312 e. The van der Waals surface area contributed by atoms with Gasteiger partial charge in [0, 0.05) is 12.1 Å². The lowest BCUT2D eigenvalue weighted by molar-refractivity contribution is -0.150. The van der Waals surface area contributed by atoms with Gasteiger partial charge >= 0.3 is 6.18 Å². The molecule has 0 fully saturated rings. The van der Waals surface area contributed by atoms with E-state index in [0.717, 1.165) is 12.0 Å². The summed E-state index contributed by atoms with van der Waals surface area (Å²) in [5, 5.41) is 3.15. The van der Waals surface area contributed by atoms with Crippen molar-refractivity contribution in [3.8, 4) is 0 Å². The van der Waals surface area contributed by atoms with Crippen molar-refractivity contribution >= 4 is 0 Å². The average molecular weight is 302 g/mol. The van der Waals surface area contributed by atoms with Crippen LogP contribution < -0.4 is 5.32 Å². The molecule has 0 aliphatic carbocycles. The van der Waals surface area contributed by atoms with Crippen LogP contribution in [0.15, 0.2) is 24.3 Å². The molecule has 2 unspecified atom stereocenters. The van der Waals surface area contributed by atoms with Gasteiger partial charge in [0.25, 0.3) is 0 Å². The molecule has 0 aliphatic heterocycles. The van der Waals surface area contributed by atoms with E-state index in [-0.39, 0.29) is 12.1 Å². The summed E-state index contributed by atoms with van der Waals surface area (Å²) in [5.41, 5.74) is 2.24. The first kappa shape index (κ1) is 18.0. The molecule has 1 aromatic carbocycles. The number of likely N-dealkylation sites (N-methyl/N-ethyl adjacent to an activating group) is 2. The summed E-state index contributed by atoms with van der Waals surface area (Å²) >= 11 is 0. The van der Waals surface area contributed by atoms with E-state index in [0.29, 0.717) is 6.54 Å². The molecule has 1 rings (SSSR count). The van der Waals surface area contributed by atoms with E-state index >= 15 is 0 Å². The van der Waals surface area contributed by atoms with Gasteiger partial charge in [-0.3, -0.25) is 4.90 Å². The molecule has 0 bridgehead atoms. The third kappa shape index (κ3) is 5.32. The summed E-state index contributed by atoms with van der Waals surface area (Å²) < 4.78 is 38.0. The van der Waals surface area contributed by atoms with E-state index in [2.05, 4.69) is 12.2 Å². The first-order valence-corrected chi connectivity index (χ1v) is 7.39. The molecule has 5 heteroatoms. The lowest BCUT2D eigenvalue weighted by atomic mass is 9.97. The van der Waals surface area contributed by atoms with Gasteiger partial charge in [-0.25, -0.2) is 0 Å². The predicted octanol–water partition coefficient (Wildman–Crippen LogP) is 3.78. The maximum absolute atomic E-state index is 12.7. The van der Waals surface area contributed by atoms with E-state index < -0.39 is 12.7 Å². The Kier molecular flexibility index (Phi) is 6.68. The SMILES string of the molecule is CCc1ccc(C(NC)C(C)N(CC)CC(F)(F)F)cc1. The van der Waals surface area contributed by atoms with E-state index in [9.17, 15) is 13.2 Å². The van der Waals surface area contributed by atoms with E-state index in [4.69, 9.17) is 0 Å². The summed E-state index contributed by atoms with van der Waals surface area (Å²) in [6.07, 6.45) is -3.22. The summed E-state index contributed by atoms with van der Waals surface area (Å²) in [4.78, 5) is 1.45. The lowest BCUT2D eigenvalue weighted by Crippen LogP contribution is -2.46. The van der Waals surface area contributed by atoms with E-state index in [1.165, 1.54) is 10.5 Å². The van der Waals surface area contributed by atoms with Gasteiger partial charge < -0.3 is 5.32 Å². The summed E-state index contributed by atoms with van der Waals surface area (Å²) in [7, 11) is 1.79. The number of aryl methyl sites for hydroxylation is 1. The van der Waals surface area contributed by atoms with Gasteiger partial charge in [0.2, 0.25) is 0 Å². The minimum atomic E-state index is -4.17. The molecule has 0 amide bonds. The average Bonchev–Trinajstić information content (AvgIpc) is 2.45. The Labute approximate surface area is 125 Å². The first-order valence-electron chi connectivity index (χ1n) is 7.39. The molecule has 2 atom stereocenters. The lowest BCUT2D eigenvalue weighted by Gasteiger charge is -2.34. The highest BCUT2D eigenvalue weighted by atomic mass is 19.4. The Morgan fingerprint density at radius 2 is 1.71 bits per heavy atom. The second-order valence-electron chi connectivity index (χ2n) is 5.28. The zero-order chi connectivity index (χ0) is 16.0. The molecule has 0 heterocycles. The summed E-state index contributed by atoms with van der Waals surface area (Å²) in [6.45, 7) is 5.16. The van der Waals surface area contributed by atoms with Crippen LogP contribution in [-0.4, -0.2) is 37.3 Å². The Bertz CT molecular complexity index is 415. The van der Waals surface area contributed by atoms with Crippen molar-refractivity contribution in [3.05, 3.63) is 35.4 Å². The van der Waals surface area contributed by atoms with Crippen LogP contribution in [0.2, 0.25) is 0 Å². The third-order valence-corrected chi connectivity index (χ3v) is 3.91. The number of benzene rings is 1. The quantitative estimate of drug-likeness (QED) is 0.824. The van der Waals surface area contributed by atoms with Crippen molar-refractivity contribution in [2.24, 2.45) is 0 Å². The fraction of sp³-hybridized carbons (Fsp3) is 0.625. The minimum absolute atomic E-state index is 0.127. The van der Waals surface area contributed by atoms with Gasteiger partial charge in [0.15, 0.2) is 0 Å². The van der Waals surface area contributed by atoms with Crippen LogP contribution in [0.3, 0.4) is 0 Å². The second kappa shape index (κ2) is 7.80. The van der Waals surface area contributed by atoms with Crippen LogP contribution in [0.25, 0.3) is 0 Å². The maximum atomic E-state index is 12.7. The molecule has 0 saturated carbocycles. The normalized spacial score (nSPS) is 15.2. The molecule has 21 heavy (non-hydrogen) atoms. The molecule has 1 N–H and O–H groups in total. The summed E-state index contributed by atoms with van der Waals surface area (Å²) in [6, 6.07) is 7.70. The second-order valence-corrected chi connectivity index (χ2v) is 5.28. The molecular weight excluding hydrogens is 277 g/mol. The fourth-order valence-electron chi connectivity index (χ4n) is 2.63. The molecular formula is C16H25F3N2. The van der Waals surface area contributed by atoms with Crippen molar-refractivity contribution in [3.63, 3.8) is 0 Å². The summed E-state index contributed by atoms with van der Waals surface area (Å²) in [5.74, 6) is 0. The van der Waals surface area contributed by atoms with Gasteiger partial charge in [-0.05, 0) is 38.1 Å². The van der Waals surface area contributed by atoms with Crippen molar-refractivity contribution in [2.45, 2.75) is 45.5 Å². The highest BCUT2D eigenvalue weighted by Gasteiger charge is 2.34. The Hall–Kier alpha value is -1.07.